The van der Waals surface area contributed by atoms with Gasteiger partial charge >= 0.3 is 0 Å². The van der Waals surface area contributed by atoms with E-state index in [-0.39, 0.29) is 36.5 Å². The highest BCUT2D eigenvalue weighted by atomic mass is 16.5. The van der Waals surface area contributed by atoms with E-state index in [1.165, 1.54) is 6.42 Å². The minimum atomic E-state index is 0.0366. The number of hydrogen-bond donors (Lipinski definition) is 0. The van der Waals surface area contributed by atoms with Gasteiger partial charge in [0.2, 0.25) is 0 Å². The van der Waals surface area contributed by atoms with Crippen LogP contribution in [-0.2, 0) is 4.79 Å². The standard InChI is InChI=1S/C22H32N2O3/c1-15(2)23(19-10-11-19)22(26)18-8-12-20(13-9-18)27-14-21(25)24-16(3)6-5-7-17(24)4/h8-9,12-13,15-17,19H,5-7,10-11,14H2,1-4H3. The normalized spacial score (nSPS) is 22.6. The van der Waals surface area contributed by atoms with Crippen LogP contribution >= 0.6 is 0 Å². The van der Waals surface area contributed by atoms with Crippen molar-refractivity contribution in [1.82, 2.24) is 9.80 Å². The smallest absolute Gasteiger partial charge is 0.260 e. The Morgan fingerprint density at radius 2 is 1.67 bits per heavy atom. The maximum atomic E-state index is 12.7. The van der Waals surface area contributed by atoms with Crippen LogP contribution in [0.4, 0.5) is 0 Å². The summed E-state index contributed by atoms with van der Waals surface area (Å²) >= 11 is 0. The van der Waals surface area contributed by atoms with Gasteiger partial charge in [0, 0.05) is 29.7 Å². The Kier molecular flexibility index (Phi) is 6.08. The third-order valence-corrected chi connectivity index (χ3v) is 5.68. The van der Waals surface area contributed by atoms with Crippen LogP contribution in [0.25, 0.3) is 0 Å². The van der Waals surface area contributed by atoms with Crippen molar-refractivity contribution in [2.75, 3.05) is 6.61 Å². The lowest BCUT2D eigenvalue weighted by Crippen LogP contribution is -2.49. The topological polar surface area (TPSA) is 49.9 Å². The quantitative estimate of drug-likeness (QED) is 0.762. The summed E-state index contributed by atoms with van der Waals surface area (Å²) in [5.74, 6) is 0.736. The van der Waals surface area contributed by atoms with Gasteiger partial charge in [-0.05, 0) is 84.1 Å². The number of carbonyl (C=O) groups excluding carboxylic acids is 2. The van der Waals surface area contributed by atoms with Gasteiger partial charge in [0.1, 0.15) is 5.75 Å². The van der Waals surface area contributed by atoms with Crippen molar-refractivity contribution in [2.45, 2.75) is 84.0 Å². The summed E-state index contributed by atoms with van der Waals surface area (Å²) in [6.07, 6.45) is 5.48. The first-order valence-electron chi connectivity index (χ1n) is 10.2. The molecule has 27 heavy (non-hydrogen) atoms. The van der Waals surface area contributed by atoms with Gasteiger partial charge in [-0.15, -0.1) is 0 Å². The summed E-state index contributed by atoms with van der Waals surface area (Å²) in [6.45, 7) is 8.37. The summed E-state index contributed by atoms with van der Waals surface area (Å²) < 4.78 is 5.70. The number of benzene rings is 1. The first-order valence-corrected chi connectivity index (χ1v) is 10.2. The Morgan fingerprint density at radius 3 is 2.19 bits per heavy atom. The van der Waals surface area contributed by atoms with Gasteiger partial charge in [-0.1, -0.05) is 0 Å². The van der Waals surface area contributed by atoms with Crippen LogP contribution in [0.5, 0.6) is 5.75 Å². The average molecular weight is 373 g/mol. The van der Waals surface area contributed by atoms with Crippen molar-refractivity contribution in [3.05, 3.63) is 29.8 Å². The van der Waals surface area contributed by atoms with E-state index < -0.39 is 0 Å². The Morgan fingerprint density at radius 1 is 1.07 bits per heavy atom. The van der Waals surface area contributed by atoms with Crippen LogP contribution < -0.4 is 4.74 Å². The number of carbonyl (C=O) groups is 2. The summed E-state index contributed by atoms with van der Waals surface area (Å²) in [6, 6.07) is 8.30. The molecule has 2 atom stereocenters. The van der Waals surface area contributed by atoms with Crippen LogP contribution in [0, 0.1) is 0 Å². The summed E-state index contributed by atoms with van der Waals surface area (Å²) in [4.78, 5) is 29.2. The van der Waals surface area contributed by atoms with Crippen molar-refractivity contribution in [3.8, 4) is 5.75 Å². The molecule has 1 aromatic rings. The molecule has 0 spiro atoms. The number of amides is 2. The van der Waals surface area contributed by atoms with E-state index >= 15 is 0 Å². The molecule has 148 valence electrons. The highest BCUT2D eigenvalue weighted by Crippen LogP contribution is 2.30. The molecule has 1 aliphatic carbocycles. The number of likely N-dealkylation sites (tertiary alicyclic amines) is 1. The second kappa shape index (κ2) is 8.32. The van der Waals surface area contributed by atoms with E-state index in [0.29, 0.717) is 17.4 Å². The van der Waals surface area contributed by atoms with Gasteiger partial charge in [0.05, 0.1) is 0 Å². The number of piperidine rings is 1. The van der Waals surface area contributed by atoms with Gasteiger partial charge < -0.3 is 14.5 Å². The number of hydrogen-bond acceptors (Lipinski definition) is 3. The Balaban J connectivity index is 1.57. The third-order valence-electron chi connectivity index (χ3n) is 5.68. The molecule has 2 aliphatic rings. The molecule has 0 radical (unpaired) electrons. The molecule has 0 aromatic heterocycles. The Hall–Kier alpha value is -2.04. The van der Waals surface area contributed by atoms with Crippen LogP contribution in [0.3, 0.4) is 0 Å². The minimum absolute atomic E-state index is 0.0366. The second-order valence-electron chi connectivity index (χ2n) is 8.28. The molecule has 1 saturated carbocycles. The van der Waals surface area contributed by atoms with Crippen LogP contribution in [-0.4, -0.2) is 52.4 Å². The molecular weight excluding hydrogens is 340 g/mol. The van der Waals surface area contributed by atoms with E-state index in [4.69, 9.17) is 4.74 Å². The zero-order chi connectivity index (χ0) is 19.6. The number of rotatable bonds is 6. The molecule has 0 bridgehead atoms. The molecule has 2 fully saturated rings. The lowest BCUT2D eigenvalue weighted by Gasteiger charge is -2.38. The largest absolute Gasteiger partial charge is 0.484 e. The molecule has 1 aromatic carbocycles. The van der Waals surface area contributed by atoms with E-state index in [2.05, 4.69) is 27.7 Å². The fourth-order valence-corrected chi connectivity index (χ4v) is 4.15. The van der Waals surface area contributed by atoms with Crippen molar-refractivity contribution in [2.24, 2.45) is 0 Å². The first-order chi connectivity index (χ1) is 12.9. The average Bonchev–Trinajstić information content (AvgIpc) is 3.45. The number of ether oxygens (including phenoxy) is 1. The van der Waals surface area contributed by atoms with Crippen LogP contribution in [0.1, 0.15) is 70.2 Å². The van der Waals surface area contributed by atoms with Crippen molar-refractivity contribution in [1.29, 1.82) is 0 Å². The van der Waals surface area contributed by atoms with E-state index in [1.54, 1.807) is 24.3 Å². The lowest BCUT2D eigenvalue weighted by atomic mass is 9.97. The maximum absolute atomic E-state index is 12.7. The van der Waals surface area contributed by atoms with Crippen molar-refractivity contribution < 1.29 is 14.3 Å². The Bertz CT molecular complexity index is 655. The molecule has 5 nitrogen and oxygen atoms in total. The molecule has 1 saturated heterocycles. The van der Waals surface area contributed by atoms with Crippen molar-refractivity contribution in [3.63, 3.8) is 0 Å². The zero-order valence-electron chi connectivity index (χ0n) is 17.0. The summed E-state index contributed by atoms with van der Waals surface area (Å²) in [5.41, 5.74) is 0.674. The zero-order valence-corrected chi connectivity index (χ0v) is 17.0. The molecule has 0 N–H and O–H groups in total. The van der Waals surface area contributed by atoms with Gasteiger partial charge in [-0.3, -0.25) is 9.59 Å². The SMILES string of the molecule is CC(C)N(C(=O)c1ccc(OCC(=O)N2C(C)CCCC2C)cc1)C1CC1. The minimum Gasteiger partial charge on any atom is -0.484 e. The molecule has 1 aliphatic heterocycles. The molecule has 1 heterocycles. The van der Waals surface area contributed by atoms with Gasteiger partial charge in [-0.25, -0.2) is 0 Å². The molecule has 2 unspecified atom stereocenters. The van der Waals surface area contributed by atoms with E-state index in [1.807, 2.05) is 9.80 Å². The van der Waals surface area contributed by atoms with E-state index in [0.717, 1.165) is 25.7 Å². The monoisotopic (exact) mass is 372 g/mol. The maximum Gasteiger partial charge on any atom is 0.260 e. The van der Waals surface area contributed by atoms with Gasteiger partial charge in [-0.2, -0.15) is 0 Å². The van der Waals surface area contributed by atoms with E-state index in [9.17, 15) is 9.59 Å². The summed E-state index contributed by atoms with van der Waals surface area (Å²) in [5, 5.41) is 0. The summed E-state index contributed by atoms with van der Waals surface area (Å²) in [7, 11) is 0. The van der Waals surface area contributed by atoms with Crippen LogP contribution in [0.2, 0.25) is 0 Å². The second-order valence-corrected chi connectivity index (χ2v) is 8.28. The lowest BCUT2D eigenvalue weighted by molar-refractivity contribution is -0.139. The van der Waals surface area contributed by atoms with Crippen molar-refractivity contribution >= 4 is 11.8 Å². The first kappa shape index (κ1) is 19.7. The fraction of sp³-hybridized carbons (Fsp3) is 0.636. The molecule has 2 amide bonds. The van der Waals surface area contributed by atoms with Gasteiger partial charge in [0.25, 0.3) is 11.8 Å². The fourth-order valence-electron chi connectivity index (χ4n) is 4.15. The third kappa shape index (κ3) is 4.63. The highest BCUT2D eigenvalue weighted by molar-refractivity contribution is 5.95. The predicted molar refractivity (Wildman–Crippen MR) is 106 cm³/mol. The predicted octanol–water partition coefficient (Wildman–Crippen LogP) is 3.87. The van der Waals surface area contributed by atoms with Crippen LogP contribution in [0.15, 0.2) is 24.3 Å². The molecular formula is C22H32N2O3. The highest BCUT2D eigenvalue weighted by Gasteiger charge is 2.34. The van der Waals surface area contributed by atoms with Gasteiger partial charge in [0.15, 0.2) is 6.61 Å². The Labute approximate surface area is 162 Å². The molecule has 5 heteroatoms. The number of nitrogens with zero attached hydrogens (tertiary/aromatic N) is 2. The molecule has 3 rings (SSSR count).